The molecule has 3 amide bonds. The molecule has 3 aliphatic rings. The van der Waals surface area contributed by atoms with Gasteiger partial charge >= 0.3 is 6.03 Å². The van der Waals surface area contributed by atoms with Gasteiger partial charge in [0.1, 0.15) is 11.6 Å². The number of urea groups is 1. The Kier molecular flexibility index (Phi) is 7.16. The van der Waals surface area contributed by atoms with E-state index in [1.54, 1.807) is 24.3 Å². The van der Waals surface area contributed by atoms with Gasteiger partial charge in [-0.2, -0.15) is 0 Å². The van der Waals surface area contributed by atoms with Crippen molar-refractivity contribution in [1.29, 1.82) is 0 Å². The number of carbonyl (C=O) groups is 2. The van der Waals surface area contributed by atoms with Crippen LogP contribution in [0.5, 0.6) is 5.75 Å². The summed E-state index contributed by atoms with van der Waals surface area (Å²) in [5.74, 6) is 0.179. The fourth-order valence-electron chi connectivity index (χ4n) is 5.12. The molecule has 0 aromatic heterocycles. The Balaban J connectivity index is 1.27. The quantitative estimate of drug-likeness (QED) is 0.529. The molecule has 36 heavy (non-hydrogen) atoms. The highest BCUT2D eigenvalue weighted by Gasteiger charge is 2.41. The summed E-state index contributed by atoms with van der Waals surface area (Å²) in [5, 5.41) is 6.11. The molecule has 9 heteroatoms. The number of carbonyl (C=O) groups excluding carboxylic acids is 2. The monoisotopic (exact) mass is 512 g/mol. The smallest absolute Gasteiger partial charge is 0.319 e. The third kappa shape index (κ3) is 5.65. The van der Waals surface area contributed by atoms with Gasteiger partial charge in [-0.25, -0.2) is 9.18 Å². The third-order valence-electron chi connectivity index (χ3n) is 7.02. The largest absolute Gasteiger partial charge is 0.495 e. The number of piperazine rings is 1. The van der Waals surface area contributed by atoms with Crippen LogP contribution >= 0.6 is 11.6 Å². The number of halogens is 2. The van der Waals surface area contributed by atoms with Crippen LogP contribution in [-0.2, 0) is 11.3 Å². The Morgan fingerprint density at radius 3 is 2.44 bits per heavy atom. The predicted molar refractivity (Wildman–Crippen MR) is 138 cm³/mol. The first-order valence-electron chi connectivity index (χ1n) is 12.3. The van der Waals surface area contributed by atoms with E-state index in [2.05, 4.69) is 15.5 Å². The van der Waals surface area contributed by atoms with E-state index in [1.165, 1.54) is 19.2 Å². The molecular formula is C27H30ClFN4O3. The molecular weight excluding hydrogens is 483 g/mol. The van der Waals surface area contributed by atoms with Crippen molar-refractivity contribution in [3.63, 3.8) is 0 Å². The van der Waals surface area contributed by atoms with E-state index < -0.39 is 0 Å². The number of hydrogen-bond acceptors (Lipinski definition) is 4. The van der Waals surface area contributed by atoms with Crippen LogP contribution in [0.25, 0.3) is 6.08 Å². The molecule has 2 aromatic rings. The molecule has 1 aliphatic carbocycles. The number of ether oxygens (including phenoxy) is 1. The highest BCUT2D eigenvalue weighted by Crippen LogP contribution is 2.34. The summed E-state index contributed by atoms with van der Waals surface area (Å²) in [6.07, 6.45) is 7.17. The number of amides is 3. The number of rotatable bonds is 7. The average molecular weight is 513 g/mol. The van der Waals surface area contributed by atoms with Crippen LogP contribution in [0.1, 0.15) is 36.8 Å². The predicted octanol–water partition coefficient (Wildman–Crippen LogP) is 4.66. The second kappa shape index (κ2) is 10.5. The lowest BCUT2D eigenvalue weighted by atomic mass is 10.1. The first kappa shape index (κ1) is 24.6. The molecule has 190 valence electrons. The lowest BCUT2D eigenvalue weighted by Gasteiger charge is -2.40. The number of methoxy groups -OCH3 is 1. The summed E-state index contributed by atoms with van der Waals surface area (Å²) in [7, 11) is 1.52. The molecule has 2 heterocycles. The molecule has 2 unspecified atom stereocenters. The van der Waals surface area contributed by atoms with Crippen molar-refractivity contribution in [3.05, 3.63) is 64.4 Å². The van der Waals surface area contributed by atoms with Gasteiger partial charge in [-0.3, -0.25) is 9.69 Å². The number of anilines is 1. The molecule has 5 rings (SSSR count). The third-order valence-corrected chi connectivity index (χ3v) is 7.32. The topological polar surface area (TPSA) is 73.9 Å². The number of likely N-dealkylation sites (tertiary alicyclic amines) is 1. The maximum Gasteiger partial charge on any atom is 0.319 e. The minimum Gasteiger partial charge on any atom is -0.495 e. The van der Waals surface area contributed by atoms with Gasteiger partial charge in [-0.05, 0) is 61.6 Å². The summed E-state index contributed by atoms with van der Waals surface area (Å²) in [6.45, 7) is 2.32. The van der Waals surface area contributed by atoms with E-state index in [0.29, 0.717) is 22.0 Å². The van der Waals surface area contributed by atoms with Gasteiger partial charge in [0, 0.05) is 49.4 Å². The van der Waals surface area contributed by atoms with E-state index >= 15 is 0 Å². The van der Waals surface area contributed by atoms with E-state index in [-0.39, 0.29) is 35.9 Å². The summed E-state index contributed by atoms with van der Waals surface area (Å²) in [5.41, 5.74) is 2.21. The van der Waals surface area contributed by atoms with Gasteiger partial charge in [-0.15, -0.1) is 0 Å². The van der Waals surface area contributed by atoms with Crippen LogP contribution in [0.2, 0.25) is 5.02 Å². The molecule has 1 saturated carbocycles. The number of fused-ring (bicyclic) bond motifs is 2. The fraction of sp³-hybridized carbons (Fsp3) is 0.407. The Bertz CT molecular complexity index is 1150. The fourth-order valence-corrected chi connectivity index (χ4v) is 5.36. The molecule has 0 radical (unpaired) electrons. The molecule has 2 atom stereocenters. The minimum atomic E-state index is -0.296. The molecule has 0 spiro atoms. The van der Waals surface area contributed by atoms with Crippen LogP contribution in [0.15, 0.2) is 42.5 Å². The van der Waals surface area contributed by atoms with Crippen LogP contribution in [0.4, 0.5) is 14.9 Å². The van der Waals surface area contributed by atoms with Crippen LogP contribution in [0, 0.1) is 5.82 Å². The second-order valence-electron chi connectivity index (χ2n) is 9.73. The van der Waals surface area contributed by atoms with E-state index in [0.717, 1.165) is 50.9 Å². The summed E-state index contributed by atoms with van der Waals surface area (Å²) in [4.78, 5) is 29.9. The first-order valence-corrected chi connectivity index (χ1v) is 12.7. The molecule has 2 aliphatic heterocycles. The van der Waals surface area contributed by atoms with Gasteiger partial charge in [-0.1, -0.05) is 23.7 Å². The van der Waals surface area contributed by atoms with E-state index in [1.807, 2.05) is 17.0 Å². The van der Waals surface area contributed by atoms with Crippen LogP contribution in [0.3, 0.4) is 0 Å². The second-order valence-corrected chi connectivity index (χ2v) is 10.1. The van der Waals surface area contributed by atoms with Crippen molar-refractivity contribution in [1.82, 2.24) is 15.1 Å². The molecule has 2 N–H and O–H groups in total. The van der Waals surface area contributed by atoms with Crippen molar-refractivity contribution in [2.45, 2.75) is 50.4 Å². The first-order chi connectivity index (χ1) is 17.4. The number of nitrogens with one attached hydrogen (secondary N) is 2. The Hall–Kier alpha value is -3.10. The Labute approximate surface area is 215 Å². The van der Waals surface area contributed by atoms with Crippen molar-refractivity contribution < 1.29 is 18.7 Å². The maximum absolute atomic E-state index is 13.3. The summed E-state index contributed by atoms with van der Waals surface area (Å²) < 4.78 is 18.6. The highest BCUT2D eigenvalue weighted by atomic mass is 35.5. The zero-order valence-corrected chi connectivity index (χ0v) is 20.9. The highest BCUT2D eigenvalue weighted by molar-refractivity contribution is 6.32. The average Bonchev–Trinajstić information content (AvgIpc) is 3.62. The minimum absolute atomic E-state index is 0.0498. The maximum atomic E-state index is 13.3. The number of hydrogen-bond donors (Lipinski definition) is 2. The lowest BCUT2D eigenvalue weighted by Crippen LogP contribution is -2.55. The van der Waals surface area contributed by atoms with Gasteiger partial charge < -0.3 is 20.3 Å². The zero-order chi connectivity index (χ0) is 25.2. The van der Waals surface area contributed by atoms with Crippen molar-refractivity contribution in [3.8, 4) is 5.75 Å². The molecule has 7 nitrogen and oxygen atoms in total. The SMILES string of the molecule is COc1cc(/C=C/C(=O)N2C3CCC2CN(Cc2ccc(F)cc2)C3)c(NC(=O)NC2CC2)cc1Cl. The summed E-state index contributed by atoms with van der Waals surface area (Å²) in [6, 6.07) is 10.2. The zero-order valence-electron chi connectivity index (χ0n) is 20.2. The van der Waals surface area contributed by atoms with Crippen LogP contribution < -0.4 is 15.4 Å². The Morgan fingerprint density at radius 1 is 1.11 bits per heavy atom. The van der Waals surface area contributed by atoms with E-state index in [4.69, 9.17) is 16.3 Å². The normalized spacial score (nSPS) is 21.6. The molecule has 3 fully saturated rings. The molecule has 2 saturated heterocycles. The van der Waals surface area contributed by atoms with Gasteiger partial charge in [0.25, 0.3) is 0 Å². The standard InChI is InChI=1S/C27H30ClFN4O3/c1-36-25-12-18(24(13-23(25)28)31-27(35)30-20-7-8-20)4-11-26(34)33-21-9-10-22(33)16-32(15-21)14-17-2-5-19(29)6-3-17/h2-6,11-13,20-22H,7-10,14-16H2,1H3,(H2,30,31,35)/b11-4+. The van der Waals surface area contributed by atoms with Gasteiger partial charge in [0.15, 0.2) is 0 Å². The number of nitrogens with zero attached hydrogens (tertiary/aromatic N) is 2. The van der Waals surface area contributed by atoms with Crippen LogP contribution in [-0.4, -0.2) is 60.1 Å². The Morgan fingerprint density at radius 2 is 1.81 bits per heavy atom. The van der Waals surface area contributed by atoms with E-state index in [9.17, 15) is 14.0 Å². The number of benzene rings is 2. The van der Waals surface area contributed by atoms with Crippen molar-refractivity contribution in [2.75, 3.05) is 25.5 Å². The van der Waals surface area contributed by atoms with Gasteiger partial charge in [0.2, 0.25) is 5.91 Å². The van der Waals surface area contributed by atoms with Crippen molar-refractivity contribution >= 4 is 35.3 Å². The molecule has 2 bridgehead atoms. The molecule has 2 aromatic carbocycles. The lowest BCUT2D eigenvalue weighted by molar-refractivity contribution is -0.131. The summed E-state index contributed by atoms with van der Waals surface area (Å²) >= 11 is 6.29. The van der Waals surface area contributed by atoms with Crippen molar-refractivity contribution in [2.24, 2.45) is 0 Å². The van der Waals surface area contributed by atoms with Gasteiger partial charge in [0.05, 0.1) is 17.8 Å².